The summed E-state index contributed by atoms with van der Waals surface area (Å²) in [5.41, 5.74) is 1.32. The fourth-order valence-corrected chi connectivity index (χ4v) is 2.15. The van der Waals surface area contributed by atoms with Crippen LogP contribution in [0.25, 0.3) is 0 Å². The zero-order chi connectivity index (χ0) is 11.8. The van der Waals surface area contributed by atoms with Gasteiger partial charge in [-0.2, -0.15) is 0 Å². The van der Waals surface area contributed by atoms with Crippen LogP contribution in [0.15, 0.2) is 28.7 Å². The molecule has 1 atom stereocenters. The number of aliphatic hydroxyl groups excluding tert-OH is 1. The van der Waals surface area contributed by atoms with Gasteiger partial charge in [0.25, 0.3) is 0 Å². The van der Waals surface area contributed by atoms with Gasteiger partial charge >= 0.3 is 0 Å². The Morgan fingerprint density at radius 3 is 2.81 bits per heavy atom. The molecular weight excluding hydrogens is 266 g/mol. The number of nitrogens with one attached hydrogen (secondary N) is 1. The number of hydrogen-bond acceptors (Lipinski definition) is 2. The minimum Gasteiger partial charge on any atom is -0.396 e. The summed E-state index contributed by atoms with van der Waals surface area (Å²) in [6.07, 6.45) is 2.98. The molecule has 0 bridgehead atoms. The highest BCUT2D eigenvalue weighted by molar-refractivity contribution is 9.10. The van der Waals surface area contributed by atoms with E-state index in [0.717, 1.165) is 30.3 Å². The van der Waals surface area contributed by atoms with Crippen molar-refractivity contribution < 1.29 is 5.11 Å². The number of halogens is 1. The first-order valence-electron chi connectivity index (χ1n) is 5.87. The standard InChI is InChI=1S/C13H20BrNO/c1-2-13(15-8-3-4-9-16)11-6-5-7-12(14)10-11/h5-7,10,13,15-16H,2-4,8-9H2,1H3. The largest absolute Gasteiger partial charge is 0.396 e. The molecule has 2 N–H and O–H groups in total. The first kappa shape index (κ1) is 13.7. The fraction of sp³-hybridized carbons (Fsp3) is 0.538. The van der Waals surface area contributed by atoms with E-state index in [1.807, 2.05) is 6.07 Å². The Balaban J connectivity index is 2.47. The molecule has 1 aromatic rings. The van der Waals surface area contributed by atoms with Crippen LogP contribution in [0.5, 0.6) is 0 Å². The van der Waals surface area contributed by atoms with Gasteiger partial charge < -0.3 is 10.4 Å². The molecule has 0 radical (unpaired) electrons. The first-order valence-corrected chi connectivity index (χ1v) is 6.67. The van der Waals surface area contributed by atoms with Crippen LogP contribution in [-0.2, 0) is 0 Å². The topological polar surface area (TPSA) is 32.3 Å². The molecule has 90 valence electrons. The summed E-state index contributed by atoms with van der Waals surface area (Å²) in [4.78, 5) is 0. The fourth-order valence-electron chi connectivity index (χ4n) is 1.73. The summed E-state index contributed by atoms with van der Waals surface area (Å²) in [5, 5.41) is 12.2. The van der Waals surface area contributed by atoms with Crippen molar-refractivity contribution in [3.8, 4) is 0 Å². The van der Waals surface area contributed by atoms with E-state index in [2.05, 4.69) is 46.4 Å². The molecule has 2 nitrogen and oxygen atoms in total. The summed E-state index contributed by atoms with van der Waals surface area (Å²) in [6.45, 7) is 3.44. The van der Waals surface area contributed by atoms with Gasteiger partial charge in [-0.3, -0.25) is 0 Å². The van der Waals surface area contributed by atoms with Gasteiger partial charge in [-0.05, 0) is 43.5 Å². The Kier molecular flexibility index (Phi) is 6.69. The Labute approximate surface area is 106 Å². The Bertz CT molecular complexity index is 304. The van der Waals surface area contributed by atoms with Crippen LogP contribution in [0.1, 0.15) is 37.8 Å². The monoisotopic (exact) mass is 285 g/mol. The quantitative estimate of drug-likeness (QED) is 0.754. The van der Waals surface area contributed by atoms with Crippen LogP contribution in [-0.4, -0.2) is 18.3 Å². The lowest BCUT2D eigenvalue weighted by Gasteiger charge is -2.17. The van der Waals surface area contributed by atoms with Crippen LogP contribution < -0.4 is 5.32 Å². The lowest BCUT2D eigenvalue weighted by Crippen LogP contribution is -2.22. The summed E-state index contributed by atoms with van der Waals surface area (Å²) < 4.78 is 1.13. The Hall–Kier alpha value is -0.380. The van der Waals surface area contributed by atoms with E-state index < -0.39 is 0 Å². The number of hydrogen-bond donors (Lipinski definition) is 2. The normalized spacial score (nSPS) is 12.7. The van der Waals surface area contributed by atoms with Gasteiger partial charge in [0.05, 0.1) is 0 Å². The predicted molar refractivity (Wildman–Crippen MR) is 71.5 cm³/mol. The van der Waals surface area contributed by atoms with Crippen molar-refractivity contribution in [2.24, 2.45) is 0 Å². The Morgan fingerprint density at radius 1 is 1.38 bits per heavy atom. The molecule has 0 spiro atoms. The maximum Gasteiger partial charge on any atom is 0.0431 e. The molecule has 0 fully saturated rings. The van der Waals surface area contributed by atoms with Gasteiger partial charge in [-0.1, -0.05) is 35.0 Å². The molecule has 1 unspecified atom stereocenters. The third-order valence-corrected chi connectivity index (χ3v) is 3.13. The van der Waals surface area contributed by atoms with E-state index >= 15 is 0 Å². The van der Waals surface area contributed by atoms with Crippen molar-refractivity contribution >= 4 is 15.9 Å². The van der Waals surface area contributed by atoms with Crippen LogP contribution in [0, 0.1) is 0 Å². The van der Waals surface area contributed by atoms with Crippen molar-refractivity contribution in [2.45, 2.75) is 32.2 Å². The van der Waals surface area contributed by atoms with Crippen molar-refractivity contribution in [2.75, 3.05) is 13.2 Å². The molecule has 1 rings (SSSR count). The second kappa shape index (κ2) is 7.82. The van der Waals surface area contributed by atoms with E-state index in [0.29, 0.717) is 6.04 Å². The second-order valence-corrected chi connectivity index (χ2v) is 4.82. The maximum absolute atomic E-state index is 8.71. The average molecular weight is 286 g/mol. The van der Waals surface area contributed by atoms with E-state index in [1.54, 1.807) is 0 Å². The molecule has 0 aliphatic carbocycles. The minimum absolute atomic E-state index is 0.287. The van der Waals surface area contributed by atoms with Crippen LogP contribution in [0.2, 0.25) is 0 Å². The van der Waals surface area contributed by atoms with Crippen molar-refractivity contribution in [3.63, 3.8) is 0 Å². The van der Waals surface area contributed by atoms with Crippen molar-refractivity contribution in [3.05, 3.63) is 34.3 Å². The highest BCUT2D eigenvalue weighted by Gasteiger charge is 2.07. The second-order valence-electron chi connectivity index (χ2n) is 3.90. The summed E-state index contributed by atoms with van der Waals surface area (Å²) in [7, 11) is 0. The Morgan fingerprint density at radius 2 is 2.19 bits per heavy atom. The first-order chi connectivity index (χ1) is 7.77. The molecule has 3 heteroatoms. The van der Waals surface area contributed by atoms with Crippen LogP contribution >= 0.6 is 15.9 Å². The van der Waals surface area contributed by atoms with Gasteiger partial charge in [-0.25, -0.2) is 0 Å². The van der Waals surface area contributed by atoms with E-state index in [1.165, 1.54) is 5.56 Å². The van der Waals surface area contributed by atoms with Gasteiger partial charge in [0.2, 0.25) is 0 Å². The highest BCUT2D eigenvalue weighted by Crippen LogP contribution is 2.20. The SMILES string of the molecule is CCC(NCCCCO)c1cccc(Br)c1. The molecule has 0 saturated carbocycles. The number of benzene rings is 1. The summed E-state index contributed by atoms with van der Waals surface area (Å²) in [6, 6.07) is 8.83. The van der Waals surface area contributed by atoms with E-state index in [9.17, 15) is 0 Å². The molecule has 0 aromatic heterocycles. The lowest BCUT2D eigenvalue weighted by atomic mass is 10.0. The number of aliphatic hydroxyl groups is 1. The molecular formula is C13H20BrNO. The third kappa shape index (κ3) is 4.64. The zero-order valence-electron chi connectivity index (χ0n) is 9.75. The zero-order valence-corrected chi connectivity index (χ0v) is 11.3. The molecule has 0 amide bonds. The molecule has 0 aliphatic rings. The predicted octanol–water partition coefficient (Wildman–Crippen LogP) is 3.26. The van der Waals surface area contributed by atoms with Crippen LogP contribution in [0.3, 0.4) is 0 Å². The van der Waals surface area contributed by atoms with E-state index in [4.69, 9.17) is 5.11 Å². The summed E-state index contributed by atoms with van der Waals surface area (Å²) >= 11 is 3.49. The number of unbranched alkanes of at least 4 members (excludes halogenated alkanes) is 1. The molecule has 1 aromatic carbocycles. The number of rotatable bonds is 7. The summed E-state index contributed by atoms with van der Waals surface area (Å²) in [5.74, 6) is 0. The maximum atomic E-state index is 8.71. The lowest BCUT2D eigenvalue weighted by molar-refractivity contribution is 0.282. The third-order valence-electron chi connectivity index (χ3n) is 2.63. The average Bonchev–Trinajstić information content (AvgIpc) is 2.29. The van der Waals surface area contributed by atoms with Crippen LogP contribution in [0.4, 0.5) is 0 Å². The minimum atomic E-state index is 0.287. The van der Waals surface area contributed by atoms with E-state index in [-0.39, 0.29) is 6.61 Å². The molecule has 0 heterocycles. The van der Waals surface area contributed by atoms with Crippen molar-refractivity contribution in [1.29, 1.82) is 0 Å². The van der Waals surface area contributed by atoms with Gasteiger partial charge in [0, 0.05) is 17.1 Å². The van der Waals surface area contributed by atoms with Gasteiger partial charge in [0.15, 0.2) is 0 Å². The molecule has 0 aliphatic heterocycles. The van der Waals surface area contributed by atoms with Gasteiger partial charge in [-0.15, -0.1) is 0 Å². The van der Waals surface area contributed by atoms with Crippen molar-refractivity contribution in [1.82, 2.24) is 5.32 Å². The highest BCUT2D eigenvalue weighted by atomic mass is 79.9. The molecule has 16 heavy (non-hydrogen) atoms. The smallest absolute Gasteiger partial charge is 0.0431 e. The van der Waals surface area contributed by atoms with Gasteiger partial charge in [0.1, 0.15) is 0 Å². The molecule has 0 saturated heterocycles.